The molecule has 1 heterocycles. The lowest BCUT2D eigenvalue weighted by Gasteiger charge is -2.31. The number of nitrogens with one attached hydrogen (secondary N) is 1. The number of hydrogen-bond donors (Lipinski definition) is 1. The largest absolute Gasteiger partial charge is 0.491 e. The third-order valence-corrected chi connectivity index (χ3v) is 7.15. The van der Waals surface area contributed by atoms with Crippen LogP contribution in [0.4, 0.5) is 8.78 Å². The Morgan fingerprint density at radius 2 is 1.81 bits per heavy atom. The van der Waals surface area contributed by atoms with E-state index in [0.29, 0.717) is 43.8 Å². The summed E-state index contributed by atoms with van der Waals surface area (Å²) in [6, 6.07) is 11.5. The predicted octanol–water partition coefficient (Wildman–Crippen LogP) is 3.34. The van der Waals surface area contributed by atoms with E-state index in [9.17, 15) is 22.0 Å². The van der Waals surface area contributed by atoms with Gasteiger partial charge in [-0.1, -0.05) is 18.2 Å². The van der Waals surface area contributed by atoms with Gasteiger partial charge in [-0.05, 0) is 49.4 Å². The molecule has 0 radical (unpaired) electrons. The van der Waals surface area contributed by atoms with E-state index in [1.807, 2.05) is 0 Å². The quantitative estimate of drug-likeness (QED) is 0.592. The number of sulfonamides is 1. The number of hydrogen-bond acceptors (Lipinski definition) is 4. The summed E-state index contributed by atoms with van der Waals surface area (Å²) in [5.74, 6) is -1.41. The first kappa shape index (κ1) is 23.1. The fourth-order valence-corrected chi connectivity index (χ4v) is 4.94. The van der Waals surface area contributed by atoms with Crippen molar-refractivity contribution in [2.75, 3.05) is 26.2 Å². The molecule has 9 heteroatoms. The van der Waals surface area contributed by atoms with Crippen molar-refractivity contribution < 1.29 is 26.7 Å². The Kier molecular flexibility index (Phi) is 7.97. The number of carbonyl (C=O) groups is 1. The number of halogens is 2. The molecule has 2 aromatic rings. The molecule has 1 amide bonds. The summed E-state index contributed by atoms with van der Waals surface area (Å²) < 4.78 is 58.4. The summed E-state index contributed by atoms with van der Waals surface area (Å²) in [5.41, 5.74) is 0. The van der Waals surface area contributed by atoms with Crippen LogP contribution in [0.25, 0.3) is 0 Å². The number of rotatable bonds is 9. The number of nitrogens with zero attached hydrogens (tertiary/aromatic N) is 1. The molecule has 3 rings (SSSR count). The molecule has 31 heavy (non-hydrogen) atoms. The molecule has 1 fully saturated rings. The number of carbonyl (C=O) groups excluding carboxylic acids is 1. The molecule has 1 N–H and O–H groups in total. The number of benzene rings is 2. The van der Waals surface area contributed by atoms with E-state index in [4.69, 9.17) is 4.74 Å². The lowest BCUT2D eigenvalue weighted by Crippen LogP contribution is -2.41. The van der Waals surface area contributed by atoms with E-state index in [0.717, 1.165) is 12.1 Å². The minimum Gasteiger partial charge on any atom is -0.491 e. The fourth-order valence-electron chi connectivity index (χ4n) is 3.45. The molecule has 6 nitrogen and oxygen atoms in total. The van der Waals surface area contributed by atoms with Crippen LogP contribution < -0.4 is 10.1 Å². The van der Waals surface area contributed by atoms with Crippen molar-refractivity contribution >= 4 is 15.9 Å². The SMILES string of the molecule is O=C(CCCOc1ccc(F)cc1F)NCC1CCN(S(=O)(=O)c2ccccc2)CC1. The zero-order chi connectivity index (χ0) is 22.3. The lowest BCUT2D eigenvalue weighted by molar-refractivity contribution is -0.121. The van der Waals surface area contributed by atoms with Crippen LogP contribution in [0.1, 0.15) is 25.7 Å². The first-order chi connectivity index (χ1) is 14.9. The maximum atomic E-state index is 13.5. The molecular weight excluding hydrogens is 426 g/mol. The third kappa shape index (κ3) is 6.48. The molecule has 0 saturated carbocycles. The Balaban J connectivity index is 1.33. The van der Waals surface area contributed by atoms with E-state index in [1.165, 1.54) is 10.4 Å². The molecule has 2 aromatic carbocycles. The maximum Gasteiger partial charge on any atom is 0.243 e. The van der Waals surface area contributed by atoms with Gasteiger partial charge in [0.15, 0.2) is 11.6 Å². The van der Waals surface area contributed by atoms with Crippen LogP contribution in [0, 0.1) is 17.6 Å². The van der Waals surface area contributed by atoms with Gasteiger partial charge in [0.1, 0.15) is 5.82 Å². The second kappa shape index (κ2) is 10.7. The number of ether oxygens (including phenoxy) is 1. The average Bonchev–Trinajstić information content (AvgIpc) is 2.77. The molecule has 168 valence electrons. The molecule has 0 atom stereocenters. The van der Waals surface area contributed by atoms with Crippen molar-refractivity contribution in [1.82, 2.24) is 9.62 Å². The molecule has 0 spiro atoms. The summed E-state index contributed by atoms with van der Waals surface area (Å²) in [6.45, 7) is 1.49. The third-order valence-electron chi connectivity index (χ3n) is 5.24. The second-order valence-electron chi connectivity index (χ2n) is 7.49. The van der Waals surface area contributed by atoms with Gasteiger partial charge in [-0.3, -0.25) is 4.79 Å². The topological polar surface area (TPSA) is 75.7 Å². The summed E-state index contributed by atoms with van der Waals surface area (Å²) in [6.07, 6.45) is 1.99. The average molecular weight is 453 g/mol. The minimum atomic E-state index is -3.48. The normalized spacial score (nSPS) is 15.5. The van der Waals surface area contributed by atoms with Crippen molar-refractivity contribution in [3.8, 4) is 5.75 Å². The molecule has 0 aromatic heterocycles. The van der Waals surface area contributed by atoms with Crippen molar-refractivity contribution in [2.24, 2.45) is 5.92 Å². The van der Waals surface area contributed by atoms with Gasteiger partial charge in [0.2, 0.25) is 15.9 Å². The summed E-state index contributed by atoms with van der Waals surface area (Å²) in [7, 11) is -3.48. The van der Waals surface area contributed by atoms with Crippen LogP contribution >= 0.6 is 0 Å². The summed E-state index contributed by atoms with van der Waals surface area (Å²) >= 11 is 0. The Morgan fingerprint density at radius 1 is 1.10 bits per heavy atom. The maximum absolute atomic E-state index is 13.5. The smallest absolute Gasteiger partial charge is 0.243 e. The monoisotopic (exact) mass is 452 g/mol. The van der Waals surface area contributed by atoms with Crippen LogP contribution in [0.2, 0.25) is 0 Å². The highest BCUT2D eigenvalue weighted by Gasteiger charge is 2.29. The van der Waals surface area contributed by atoms with Crippen LogP contribution in [0.5, 0.6) is 5.75 Å². The first-order valence-electron chi connectivity index (χ1n) is 10.3. The Bertz CT molecular complexity index is 978. The minimum absolute atomic E-state index is 0.0426. The van der Waals surface area contributed by atoms with Gasteiger partial charge in [0.25, 0.3) is 0 Å². The molecule has 0 bridgehead atoms. The number of piperidine rings is 1. The highest BCUT2D eigenvalue weighted by molar-refractivity contribution is 7.89. The van der Waals surface area contributed by atoms with Gasteiger partial charge in [0.05, 0.1) is 11.5 Å². The highest BCUT2D eigenvalue weighted by atomic mass is 32.2. The zero-order valence-electron chi connectivity index (χ0n) is 17.1. The van der Waals surface area contributed by atoms with Gasteiger partial charge in [-0.25, -0.2) is 17.2 Å². The predicted molar refractivity (Wildman–Crippen MR) is 112 cm³/mol. The van der Waals surface area contributed by atoms with Gasteiger partial charge < -0.3 is 10.1 Å². The van der Waals surface area contributed by atoms with E-state index in [1.54, 1.807) is 30.3 Å². The zero-order valence-corrected chi connectivity index (χ0v) is 17.9. The molecule has 1 aliphatic rings. The molecule has 0 aliphatic carbocycles. The Hall–Kier alpha value is -2.52. The van der Waals surface area contributed by atoms with E-state index in [2.05, 4.69) is 5.32 Å². The van der Waals surface area contributed by atoms with Gasteiger partial charge >= 0.3 is 0 Å². The van der Waals surface area contributed by atoms with Crippen molar-refractivity contribution in [1.29, 1.82) is 0 Å². The Morgan fingerprint density at radius 3 is 2.48 bits per heavy atom. The van der Waals surface area contributed by atoms with Crippen LogP contribution in [-0.4, -0.2) is 44.9 Å². The second-order valence-corrected chi connectivity index (χ2v) is 9.43. The van der Waals surface area contributed by atoms with Gasteiger partial charge in [-0.2, -0.15) is 4.31 Å². The van der Waals surface area contributed by atoms with Crippen molar-refractivity contribution in [3.63, 3.8) is 0 Å². The fraction of sp³-hybridized carbons (Fsp3) is 0.409. The van der Waals surface area contributed by atoms with Crippen molar-refractivity contribution in [2.45, 2.75) is 30.6 Å². The van der Waals surface area contributed by atoms with Crippen molar-refractivity contribution in [3.05, 3.63) is 60.2 Å². The van der Waals surface area contributed by atoms with E-state index < -0.39 is 21.7 Å². The van der Waals surface area contributed by atoms with Crippen LogP contribution in [0.15, 0.2) is 53.4 Å². The summed E-state index contributed by atoms with van der Waals surface area (Å²) in [5, 5.41) is 2.87. The molecule has 1 aliphatic heterocycles. The van der Waals surface area contributed by atoms with E-state index >= 15 is 0 Å². The first-order valence-corrected chi connectivity index (χ1v) is 11.7. The van der Waals surface area contributed by atoms with Gasteiger partial charge in [-0.15, -0.1) is 0 Å². The molecule has 1 saturated heterocycles. The molecular formula is C22H26F2N2O4S. The standard InChI is InChI=1S/C22H26F2N2O4S/c23-18-8-9-21(20(24)15-18)30-14-4-7-22(27)25-16-17-10-12-26(13-11-17)31(28,29)19-5-2-1-3-6-19/h1-3,5-6,8-9,15,17H,4,7,10-14,16H2,(H,25,27). The number of amides is 1. The Labute approximate surface area is 181 Å². The van der Waals surface area contributed by atoms with E-state index in [-0.39, 0.29) is 30.6 Å². The van der Waals surface area contributed by atoms with Gasteiger partial charge in [0, 0.05) is 32.1 Å². The van der Waals surface area contributed by atoms with Crippen LogP contribution in [0.3, 0.4) is 0 Å². The lowest BCUT2D eigenvalue weighted by atomic mass is 9.98. The molecule has 0 unspecified atom stereocenters. The van der Waals surface area contributed by atoms with Crippen LogP contribution in [-0.2, 0) is 14.8 Å². The summed E-state index contributed by atoms with van der Waals surface area (Å²) in [4.78, 5) is 12.3. The highest BCUT2D eigenvalue weighted by Crippen LogP contribution is 2.23.